The Morgan fingerprint density at radius 2 is 0.795 bits per heavy atom. The number of aromatic hydroxyl groups is 4. The van der Waals surface area contributed by atoms with E-state index in [1.54, 1.807) is 24.3 Å². The first-order chi connectivity index (χ1) is 21.3. The number of hydrogen-bond acceptors (Lipinski definition) is 6. The van der Waals surface area contributed by atoms with Gasteiger partial charge in [0.1, 0.15) is 0 Å². The Hall–Kier alpha value is -6.28. The standard InChI is InChI=1S/C36H26N2O6/c39-31-11-3-9-29(33(31)41)35(43)37-23-17-13-21(14-18-23)25-5-1-7-27-26(6-2-8-28(25)27)22-15-19-24(20-16-22)38-36(44)30-10-4-12-32(40)34(30)42/h1-20,39-42H,(H,37,43)(H,38,44). The highest BCUT2D eigenvalue weighted by atomic mass is 16.3. The van der Waals surface area contributed by atoms with Gasteiger partial charge >= 0.3 is 0 Å². The Morgan fingerprint density at radius 1 is 0.432 bits per heavy atom. The summed E-state index contributed by atoms with van der Waals surface area (Å²) in [5, 5.41) is 47.0. The fourth-order valence-electron chi connectivity index (χ4n) is 5.11. The predicted octanol–water partition coefficient (Wildman–Crippen LogP) is 7.50. The molecular formula is C36H26N2O6. The number of phenols is 4. The third-order valence-electron chi connectivity index (χ3n) is 7.35. The van der Waals surface area contributed by atoms with Crippen molar-refractivity contribution in [3.05, 3.63) is 132 Å². The Labute approximate surface area is 252 Å². The van der Waals surface area contributed by atoms with E-state index in [0.717, 1.165) is 33.0 Å². The summed E-state index contributed by atoms with van der Waals surface area (Å²) in [6.45, 7) is 0. The van der Waals surface area contributed by atoms with Crippen LogP contribution in [-0.4, -0.2) is 32.2 Å². The summed E-state index contributed by atoms with van der Waals surface area (Å²) in [4.78, 5) is 25.3. The number of phenolic OH excluding ortho intramolecular Hbond substituents is 4. The first kappa shape index (κ1) is 27.9. The maximum absolute atomic E-state index is 12.6. The van der Waals surface area contributed by atoms with E-state index >= 15 is 0 Å². The van der Waals surface area contributed by atoms with Gasteiger partial charge in [-0.3, -0.25) is 9.59 Å². The molecule has 0 spiro atoms. The van der Waals surface area contributed by atoms with E-state index in [1.165, 1.54) is 36.4 Å². The van der Waals surface area contributed by atoms with Gasteiger partial charge in [0.15, 0.2) is 23.0 Å². The van der Waals surface area contributed by atoms with Crippen LogP contribution in [0.25, 0.3) is 33.0 Å². The lowest BCUT2D eigenvalue weighted by Gasteiger charge is -2.13. The molecule has 0 bridgehead atoms. The van der Waals surface area contributed by atoms with Gasteiger partial charge in [0.25, 0.3) is 11.8 Å². The Balaban J connectivity index is 1.23. The molecule has 6 aromatic rings. The van der Waals surface area contributed by atoms with Crippen molar-refractivity contribution in [1.29, 1.82) is 0 Å². The highest BCUT2D eigenvalue weighted by Gasteiger charge is 2.16. The van der Waals surface area contributed by atoms with E-state index in [2.05, 4.69) is 10.6 Å². The fourth-order valence-corrected chi connectivity index (χ4v) is 5.11. The number of rotatable bonds is 6. The van der Waals surface area contributed by atoms with Gasteiger partial charge in [-0.25, -0.2) is 0 Å². The molecule has 0 radical (unpaired) electrons. The lowest BCUT2D eigenvalue weighted by atomic mass is 9.93. The number of carbonyl (C=O) groups excluding carboxylic acids is 2. The third-order valence-corrected chi connectivity index (χ3v) is 7.35. The first-order valence-electron chi connectivity index (χ1n) is 13.7. The molecule has 0 fully saturated rings. The molecule has 6 aromatic carbocycles. The lowest BCUT2D eigenvalue weighted by molar-refractivity contribution is 0.101. The Morgan fingerprint density at radius 3 is 1.18 bits per heavy atom. The highest BCUT2D eigenvalue weighted by Crippen LogP contribution is 2.36. The van der Waals surface area contributed by atoms with Crippen LogP contribution in [0.4, 0.5) is 11.4 Å². The van der Waals surface area contributed by atoms with Crippen molar-refractivity contribution < 1.29 is 30.0 Å². The zero-order valence-electron chi connectivity index (χ0n) is 23.2. The second-order valence-corrected chi connectivity index (χ2v) is 10.1. The monoisotopic (exact) mass is 582 g/mol. The summed E-state index contributed by atoms with van der Waals surface area (Å²) < 4.78 is 0. The Bertz CT molecular complexity index is 1890. The minimum absolute atomic E-state index is 0.0261. The normalized spacial score (nSPS) is 10.8. The first-order valence-corrected chi connectivity index (χ1v) is 13.7. The summed E-state index contributed by atoms with van der Waals surface area (Å²) >= 11 is 0. The maximum atomic E-state index is 12.6. The third kappa shape index (κ3) is 5.35. The van der Waals surface area contributed by atoms with Crippen LogP contribution in [0.2, 0.25) is 0 Å². The summed E-state index contributed by atoms with van der Waals surface area (Å²) in [6, 6.07) is 35.3. The van der Waals surface area contributed by atoms with Crippen LogP contribution in [0.15, 0.2) is 121 Å². The summed E-state index contributed by atoms with van der Waals surface area (Å²) in [7, 11) is 0. The van der Waals surface area contributed by atoms with Gasteiger partial charge in [0, 0.05) is 11.4 Å². The number of anilines is 2. The van der Waals surface area contributed by atoms with Crippen LogP contribution in [0.5, 0.6) is 23.0 Å². The lowest BCUT2D eigenvalue weighted by Crippen LogP contribution is -2.11. The van der Waals surface area contributed by atoms with Crippen molar-refractivity contribution in [2.24, 2.45) is 0 Å². The topological polar surface area (TPSA) is 139 Å². The minimum Gasteiger partial charge on any atom is -0.504 e. The number of carbonyl (C=O) groups is 2. The molecule has 0 aliphatic rings. The van der Waals surface area contributed by atoms with E-state index in [1.807, 2.05) is 60.7 Å². The van der Waals surface area contributed by atoms with Crippen molar-refractivity contribution in [1.82, 2.24) is 0 Å². The van der Waals surface area contributed by atoms with Crippen molar-refractivity contribution in [3.8, 4) is 45.3 Å². The van der Waals surface area contributed by atoms with E-state index in [-0.39, 0.29) is 22.6 Å². The van der Waals surface area contributed by atoms with Gasteiger partial charge < -0.3 is 31.1 Å². The van der Waals surface area contributed by atoms with Crippen molar-refractivity contribution in [2.45, 2.75) is 0 Å². The molecule has 0 unspecified atom stereocenters. The highest BCUT2D eigenvalue weighted by molar-refractivity contribution is 6.08. The minimum atomic E-state index is -0.538. The average Bonchev–Trinajstić information content (AvgIpc) is 3.04. The number of para-hydroxylation sites is 2. The molecule has 8 nitrogen and oxygen atoms in total. The molecule has 0 aliphatic carbocycles. The van der Waals surface area contributed by atoms with Gasteiger partial charge in [0.05, 0.1) is 11.1 Å². The molecule has 216 valence electrons. The number of fused-ring (bicyclic) bond motifs is 1. The molecule has 0 aromatic heterocycles. The quantitative estimate of drug-likeness (QED) is 0.112. The predicted molar refractivity (Wildman–Crippen MR) is 170 cm³/mol. The SMILES string of the molecule is O=C(Nc1ccc(-c2cccc3c(-c4ccc(NC(=O)c5cccc(O)c5O)cc4)cccc23)cc1)c1cccc(O)c1O. The molecule has 6 N–H and O–H groups in total. The van der Waals surface area contributed by atoms with Gasteiger partial charge in [-0.15, -0.1) is 0 Å². The molecule has 0 heterocycles. The van der Waals surface area contributed by atoms with E-state index in [9.17, 15) is 30.0 Å². The van der Waals surface area contributed by atoms with E-state index in [4.69, 9.17) is 0 Å². The fraction of sp³-hybridized carbons (Fsp3) is 0. The molecule has 0 saturated carbocycles. The van der Waals surface area contributed by atoms with Crippen LogP contribution in [0.1, 0.15) is 20.7 Å². The van der Waals surface area contributed by atoms with Crippen molar-refractivity contribution in [2.75, 3.05) is 10.6 Å². The summed E-state index contributed by atoms with van der Waals surface area (Å²) in [6.07, 6.45) is 0. The number of benzene rings is 6. The van der Waals surface area contributed by atoms with E-state index in [0.29, 0.717) is 11.4 Å². The Kier molecular flexibility index (Phi) is 7.31. The van der Waals surface area contributed by atoms with Gasteiger partial charge in [-0.2, -0.15) is 0 Å². The second-order valence-electron chi connectivity index (χ2n) is 10.1. The zero-order chi connectivity index (χ0) is 30.8. The van der Waals surface area contributed by atoms with Gasteiger partial charge in [0.2, 0.25) is 0 Å². The van der Waals surface area contributed by atoms with Crippen LogP contribution in [-0.2, 0) is 0 Å². The molecular weight excluding hydrogens is 556 g/mol. The summed E-state index contributed by atoms with van der Waals surface area (Å²) in [5.74, 6) is -2.75. The van der Waals surface area contributed by atoms with Gasteiger partial charge in [-0.1, -0.05) is 72.8 Å². The number of nitrogens with one attached hydrogen (secondary N) is 2. The van der Waals surface area contributed by atoms with Crippen LogP contribution in [0, 0.1) is 0 Å². The molecule has 8 heteroatoms. The van der Waals surface area contributed by atoms with Crippen molar-refractivity contribution >= 4 is 34.0 Å². The zero-order valence-corrected chi connectivity index (χ0v) is 23.2. The van der Waals surface area contributed by atoms with Crippen LogP contribution >= 0.6 is 0 Å². The molecule has 44 heavy (non-hydrogen) atoms. The molecule has 2 amide bonds. The van der Waals surface area contributed by atoms with Crippen LogP contribution in [0.3, 0.4) is 0 Å². The maximum Gasteiger partial charge on any atom is 0.259 e. The number of hydrogen-bond donors (Lipinski definition) is 6. The molecule has 0 aliphatic heterocycles. The van der Waals surface area contributed by atoms with E-state index < -0.39 is 23.3 Å². The van der Waals surface area contributed by atoms with Gasteiger partial charge in [-0.05, 0) is 81.6 Å². The van der Waals surface area contributed by atoms with Crippen LogP contribution < -0.4 is 10.6 Å². The largest absolute Gasteiger partial charge is 0.504 e. The molecule has 6 rings (SSSR count). The molecule has 0 atom stereocenters. The average molecular weight is 583 g/mol. The second kappa shape index (κ2) is 11.5. The summed E-state index contributed by atoms with van der Waals surface area (Å²) in [5.41, 5.74) is 4.91. The number of amides is 2. The van der Waals surface area contributed by atoms with Crippen molar-refractivity contribution in [3.63, 3.8) is 0 Å². The smallest absolute Gasteiger partial charge is 0.259 e. The molecule has 0 saturated heterocycles.